The number of amides is 3. The van der Waals surface area contributed by atoms with Crippen LogP contribution in [-0.2, 0) is 27.3 Å². The lowest BCUT2D eigenvalue weighted by Crippen LogP contribution is -2.58. The maximum Gasteiger partial charge on any atom is 0.246 e. The molecule has 0 radical (unpaired) electrons. The number of nitrogens with one attached hydrogen (secondary N) is 3. The summed E-state index contributed by atoms with van der Waals surface area (Å²) in [5, 5.41) is 37.2. The van der Waals surface area contributed by atoms with Crippen molar-refractivity contribution in [2.75, 3.05) is 31.1 Å². The van der Waals surface area contributed by atoms with Crippen molar-refractivity contribution < 1.29 is 24.6 Å². The Balaban J connectivity index is 0.700. The summed E-state index contributed by atoms with van der Waals surface area (Å²) in [6.45, 7) is 13.0. The molecule has 4 atom stereocenters. The molecule has 2 aromatic carbocycles. The topological polar surface area (TPSA) is 206 Å². The normalized spacial score (nSPS) is 22.6. The zero-order chi connectivity index (χ0) is 49.6. The van der Waals surface area contributed by atoms with Crippen molar-refractivity contribution in [3.05, 3.63) is 101 Å². The van der Waals surface area contributed by atoms with Gasteiger partial charge in [0.1, 0.15) is 17.8 Å². The number of aliphatic hydroxyl groups excluding tert-OH is 1. The molecule has 1 saturated carbocycles. The van der Waals surface area contributed by atoms with Crippen LogP contribution in [0.3, 0.4) is 0 Å². The average molecular weight is 980 g/mol. The summed E-state index contributed by atoms with van der Waals surface area (Å²) in [5.74, 6) is 0.265. The van der Waals surface area contributed by atoms with Crippen molar-refractivity contribution in [1.82, 2.24) is 50.6 Å². The van der Waals surface area contributed by atoms with Crippen LogP contribution in [0.25, 0.3) is 32.7 Å². The molecule has 1 aliphatic carbocycles. The molecule has 10 rings (SSSR count). The van der Waals surface area contributed by atoms with Crippen LogP contribution in [0.1, 0.15) is 113 Å². The largest absolute Gasteiger partial charge is 0.507 e. The Hall–Kier alpha value is -6.30. The first-order valence-corrected chi connectivity index (χ1v) is 26.1. The molecule has 0 unspecified atom stereocenters. The third-order valence-electron chi connectivity index (χ3n) is 15.5. The van der Waals surface area contributed by atoms with Crippen molar-refractivity contribution in [2.24, 2.45) is 11.3 Å². The molecule has 16 nitrogen and oxygen atoms in total. The van der Waals surface area contributed by atoms with Crippen LogP contribution in [0.15, 0.2) is 72.5 Å². The number of aryl methyl sites for hydroxylation is 1. The average Bonchev–Trinajstić information content (AvgIpc) is 4.11. The van der Waals surface area contributed by atoms with Crippen molar-refractivity contribution >= 4 is 46.0 Å². The third kappa shape index (κ3) is 10.0. The van der Waals surface area contributed by atoms with E-state index in [1.165, 1.54) is 4.90 Å². The second kappa shape index (κ2) is 20.1. The number of phenolic OH excluding ortho intramolecular Hbond substituents is 1. The third-order valence-corrected chi connectivity index (χ3v) is 16.5. The number of thiazole rings is 1. The fraction of sp³-hybridized carbons (Fsp3) is 0.481. The molecule has 71 heavy (non-hydrogen) atoms. The lowest BCUT2D eigenvalue weighted by atomic mass is 9.81. The van der Waals surface area contributed by atoms with Crippen LogP contribution in [-0.4, -0.2) is 118 Å². The van der Waals surface area contributed by atoms with Crippen LogP contribution < -0.4 is 15.5 Å². The number of benzene rings is 2. The SMILES string of the molecule is Cc1ncsc1-c1ccc(CNC(=O)[C@@H]2C[C@@H](O)CN2C(=O)[C@@H](NC(=O)[C@H]2CC[C@@H](N3CCC(c4cnc(N5CCc6[nH]c7nnc(-c8ccccc8O)cc7c6[C@H]5C)nc4)CC3)CC2)C(C)(C)C)cc1. The van der Waals surface area contributed by atoms with E-state index in [4.69, 9.17) is 9.97 Å². The molecule has 4 aromatic heterocycles. The lowest BCUT2D eigenvalue weighted by molar-refractivity contribution is -0.144. The lowest BCUT2D eigenvalue weighted by Gasteiger charge is -2.41. The highest BCUT2D eigenvalue weighted by atomic mass is 32.1. The standard InChI is InChI=1S/C54H65N11O5S/c1-31-47(71-30-58-31)35-12-10-33(11-13-35)26-55-51(69)44-24-39(66)29-65(44)52(70)48(54(3,4)5)60-50(68)36-14-16-38(17-15-36)63-21-18-34(19-22-63)37-27-56-53(57-28-37)64-23-20-42-46(32(64)2)41-25-43(61-62-49(41)59-42)40-8-6-7-9-45(40)67/h6-13,25,27-28,30,32,34,36,38-39,44,48,66-67H,14-24,26,29H2,1-5H3,(H,55,69)(H,59,62)(H,60,68)/t32-,36-,38+,39-,44+,48-/m1/s1. The number of aromatic hydroxyl groups is 1. The zero-order valence-electron chi connectivity index (χ0n) is 41.3. The number of phenols is 1. The van der Waals surface area contributed by atoms with E-state index in [-0.39, 0.29) is 54.9 Å². The maximum absolute atomic E-state index is 14.3. The van der Waals surface area contributed by atoms with Crippen molar-refractivity contribution in [3.63, 3.8) is 0 Å². The molecular formula is C54H65N11O5S. The predicted molar refractivity (Wildman–Crippen MR) is 273 cm³/mol. The van der Waals surface area contributed by atoms with Crippen LogP contribution in [0, 0.1) is 18.3 Å². The fourth-order valence-electron chi connectivity index (χ4n) is 11.4. The number of nitrogens with zero attached hydrogens (tertiary/aromatic N) is 8. The molecule has 372 valence electrons. The zero-order valence-corrected chi connectivity index (χ0v) is 42.1. The summed E-state index contributed by atoms with van der Waals surface area (Å²) in [6, 6.07) is 15.9. The van der Waals surface area contributed by atoms with E-state index in [0.717, 1.165) is 114 Å². The van der Waals surface area contributed by atoms with Gasteiger partial charge < -0.3 is 40.5 Å². The number of rotatable bonds is 11. The minimum atomic E-state index is -0.857. The van der Waals surface area contributed by atoms with Gasteiger partial charge in [-0.25, -0.2) is 15.0 Å². The summed E-state index contributed by atoms with van der Waals surface area (Å²) in [6.07, 6.45) is 9.48. The summed E-state index contributed by atoms with van der Waals surface area (Å²) < 4.78 is 0. The number of aromatic nitrogens is 6. The number of β-amino-alcohol motifs (C(OH)–C–C–N with tert-alkyl or cyclic N) is 1. The van der Waals surface area contributed by atoms with Crippen LogP contribution in [0.4, 0.5) is 5.95 Å². The second-order valence-corrected chi connectivity index (χ2v) is 22.0. The number of anilines is 1. The quantitative estimate of drug-likeness (QED) is 0.0873. The molecule has 17 heteroatoms. The second-order valence-electron chi connectivity index (χ2n) is 21.2. The Kier molecular flexibility index (Phi) is 13.7. The maximum atomic E-state index is 14.3. The number of H-pyrrole nitrogens is 1. The van der Waals surface area contributed by atoms with Gasteiger partial charge in [-0.1, -0.05) is 57.2 Å². The summed E-state index contributed by atoms with van der Waals surface area (Å²) in [7, 11) is 0. The Labute approximate surface area is 418 Å². The van der Waals surface area contributed by atoms with Gasteiger partial charge in [0.25, 0.3) is 0 Å². The molecule has 6 aromatic rings. The number of para-hydroxylation sites is 1. The molecule has 3 amide bonds. The van der Waals surface area contributed by atoms with Gasteiger partial charge in [-0.2, -0.15) is 0 Å². The van der Waals surface area contributed by atoms with Crippen LogP contribution in [0.2, 0.25) is 0 Å². The highest BCUT2D eigenvalue weighted by Crippen LogP contribution is 2.40. The Bertz CT molecular complexity index is 2880. The van der Waals surface area contributed by atoms with E-state index in [1.54, 1.807) is 23.5 Å². The first-order valence-electron chi connectivity index (χ1n) is 25.2. The van der Waals surface area contributed by atoms with Gasteiger partial charge >= 0.3 is 0 Å². The first-order chi connectivity index (χ1) is 34.2. The van der Waals surface area contributed by atoms with E-state index >= 15 is 0 Å². The number of hydrogen-bond acceptors (Lipinski definition) is 13. The number of aromatic amines is 1. The number of hydrogen-bond donors (Lipinski definition) is 5. The van der Waals surface area contributed by atoms with Gasteiger partial charge in [0.2, 0.25) is 23.7 Å². The smallest absolute Gasteiger partial charge is 0.246 e. The predicted octanol–water partition coefficient (Wildman–Crippen LogP) is 7.22. The summed E-state index contributed by atoms with van der Waals surface area (Å²) in [5.41, 5.74) is 9.64. The monoisotopic (exact) mass is 979 g/mol. The Morgan fingerprint density at radius 1 is 0.915 bits per heavy atom. The molecule has 3 fully saturated rings. The van der Waals surface area contributed by atoms with Gasteiger partial charge in [0, 0.05) is 79.0 Å². The van der Waals surface area contributed by atoms with Crippen molar-refractivity contribution in [3.8, 4) is 27.4 Å². The highest BCUT2D eigenvalue weighted by molar-refractivity contribution is 7.13. The molecular weight excluding hydrogens is 915 g/mol. The number of piperidine rings is 1. The van der Waals surface area contributed by atoms with Gasteiger partial charge in [0.15, 0.2) is 5.65 Å². The number of fused-ring (bicyclic) bond motifs is 3. The van der Waals surface area contributed by atoms with Gasteiger partial charge in [-0.05, 0) is 112 Å². The molecule has 2 saturated heterocycles. The number of carbonyl (C=O) groups excluding carboxylic acids is 3. The van der Waals surface area contributed by atoms with Gasteiger partial charge in [-0.3, -0.25) is 14.4 Å². The minimum Gasteiger partial charge on any atom is -0.507 e. The van der Waals surface area contributed by atoms with E-state index in [0.29, 0.717) is 29.2 Å². The summed E-state index contributed by atoms with van der Waals surface area (Å²) >= 11 is 1.59. The minimum absolute atomic E-state index is 0.00451. The number of aliphatic hydroxyl groups is 1. The molecule has 5 N–H and O–H groups in total. The molecule has 4 aliphatic rings. The van der Waals surface area contributed by atoms with E-state index in [1.807, 2.05) is 88.1 Å². The Morgan fingerprint density at radius 2 is 1.65 bits per heavy atom. The molecule has 7 heterocycles. The first kappa shape index (κ1) is 48.3. The van der Waals surface area contributed by atoms with Crippen LogP contribution in [0.5, 0.6) is 5.75 Å². The fourth-order valence-corrected chi connectivity index (χ4v) is 12.3. The van der Waals surface area contributed by atoms with Crippen LogP contribution >= 0.6 is 11.3 Å². The number of likely N-dealkylation sites (tertiary alicyclic amines) is 2. The Morgan fingerprint density at radius 3 is 2.34 bits per heavy atom. The molecule has 0 spiro atoms. The van der Waals surface area contributed by atoms with E-state index < -0.39 is 23.6 Å². The van der Waals surface area contributed by atoms with Gasteiger partial charge in [0.05, 0.1) is 33.9 Å². The van der Waals surface area contributed by atoms with E-state index in [2.05, 4.69) is 47.5 Å². The molecule has 3 aliphatic heterocycles. The van der Waals surface area contributed by atoms with Gasteiger partial charge in [-0.15, -0.1) is 21.5 Å². The van der Waals surface area contributed by atoms with Crippen molar-refractivity contribution in [2.45, 2.75) is 129 Å². The molecule has 0 bridgehead atoms. The van der Waals surface area contributed by atoms with Crippen molar-refractivity contribution in [1.29, 1.82) is 0 Å². The summed E-state index contributed by atoms with van der Waals surface area (Å²) in [4.78, 5) is 67.0. The number of carbonyl (C=O) groups is 3. The highest BCUT2D eigenvalue weighted by Gasteiger charge is 2.45. The van der Waals surface area contributed by atoms with E-state index in [9.17, 15) is 24.6 Å².